The molecule has 0 unspecified atom stereocenters. The lowest BCUT2D eigenvalue weighted by atomic mass is 9.89. The van der Waals surface area contributed by atoms with E-state index in [2.05, 4.69) is 0 Å². The molecule has 120 valence electrons. The summed E-state index contributed by atoms with van der Waals surface area (Å²) in [6.45, 7) is 3.79. The summed E-state index contributed by atoms with van der Waals surface area (Å²) in [6, 6.07) is 5.47. The maximum Gasteiger partial charge on any atom is 0.254 e. The number of aryl methyl sites for hydroxylation is 1. The molecule has 2 fully saturated rings. The first-order valence-electron chi connectivity index (χ1n) is 7.91. The number of benzene rings is 1. The molecule has 22 heavy (non-hydrogen) atoms. The first-order chi connectivity index (χ1) is 10.6. The van der Waals surface area contributed by atoms with Crippen LogP contribution in [0, 0.1) is 12.8 Å². The lowest BCUT2D eigenvalue weighted by Crippen LogP contribution is -2.48. The molecule has 1 amide bonds. The fourth-order valence-electron chi connectivity index (χ4n) is 3.59. The molecule has 1 N–H and O–H groups in total. The lowest BCUT2D eigenvalue weighted by molar-refractivity contribution is -0.0589. The van der Waals surface area contributed by atoms with Crippen LogP contribution >= 0.6 is 11.6 Å². The lowest BCUT2D eigenvalue weighted by Gasteiger charge is -2.37. The van der Waals surface area contributed by atoms with Gasteiger partial charge < -0.3 is 14.7 Å². The first kappa shape index (κ1) is 15.8. The van der Waals surface area contributed by atoms with E-state index in [0.717, 1.165) is 24.9 Å². The molecule has 0 bridgehead atoms. The van der Waals surface area contributed by atoms with Crippen molar-refractivity contribution in [2.24, 2.45) is 5.92 Å². The molecule has 1 aromatic rings. The average molecular weight is 324 g/mol. The zero-order valence-corrected chi connectivity index (χ0v) is 13.6. The smallest absolute Gasteiger partial charge is 0.254 e. The van der Waals surface area contributed by atoms with Crippen molar-refractivity contribution >= 4 is 17.5 Å². The van der Waals surface area contributed by atoms with Gasteiger partial charge in [-0.3, -0.25) is 4.79 Å². The van der Waals surface area contributed by atoms with Crippen LogP contribution in [0.25, 0.3) is 0 Å². The highest BCUT2D eigenvalue weighted by Crippen LogP contribution is 2.31. The maximum absolute atomic E-state index is 12.9. The van der Waals surface area contributed by atoms with E-state index in [1.165, 1.54) is 0 Å². The molecular weight excluding hydrogens is 302 g/mol. The summed E-state index contributed by atoms with van der Waals surface area (Å²) in [7, 11) is 0. The van der Waals surface area contributed by atoms with Gasteiger partial charge >= 0.3 is 0 Å². The summed E-state index contributed by atoms with van der Waals surface area (Å²) >= 11 is 6.05. The predicted octanol–water partition coefficient (Wildman–Crippen LogP) is 2.65. The van der Waals surface area contributed by atoms with Crippen LogP contribution in [0.1, 0.15) is 35.2 Å². The van der Waals surface area contributed by atoms with Gasteiger partial charge in [-0.25, -0.2) is 0 Å². The van der Waals surface area contributed by atoms with Crippen LogP contribution in [0.15, 0.2) is 18.2 Å². The van der Waals surface area contributed by atoms with Crippen LogP contribution in [-0.2, 0) is 4.74 Å². The number of carbonyl (C=O) groups excluding carboxylic acids is 1. The normalized spacial score (nSPS) is 28.9. The van der Waals surface area contributed by atoms with E-state index < -0.39 is 0 Å². The summed E-state index contributed by atoms with van der Waals surface area (Å²) in [6.07, 6.45) is 2.17. The predicted molar refractivity (Wildman–Crippen MR) is 85.2 cm³/mol. The van der Waals surface area contributed by atoms with Crippen LogP contribution < -0.4 is 0 Å². The Morgan fingerprint density at radius 1 is 1.41 bits per heavy atom. The highest BCUT2D eigenvalue weighted by molar-refractivity contribution is 6.31. The number of hydrogen-bond donors (Lipinski definition) is 1. The molecule has 3 rings (SSSR count). The fraction of sp³-hybridized carbons (Fsp3) is 0.588. The van der Waals surface area contributed by atoms with Crippen molar-refractivity contribution < 1.29 is 14.6 Å². The number of carbonyl (C=O) groups is 1. The number of nitrogens with zero attached hydrogens (tertiary/aromatic N) is 1. The Morgan fingerprint density at radius 3 is 3.00 bits per heavy atom. The number of hydrogen-bond acceptors (Lipinski definition) is 3. The third-order valence-electron chi connectivity index (χ3n) is 4.85. The summed E-state index contributed by atoms with van der Waals surface area (Å²) in [5.41, 5.74) is 1.59. The van der Waals surface area contributed by atoms with Gasteiger partial charge in [-0.05, 0) is 43.9 Å². The quantitative estimate of drug-likeness (QED) is 0.910. The van der Waals surface area contributed by atoms with Crippen LogP contribution in [0.3, 0.4) is 0 Å². The largest absolute Gasteiger partial charge is 0.393 e. The van der Waals surface area contributed by atoms with Gasteiger partial charge in [0, 0.05) is 35.7 Å². The van der Waals surface area contributed by atoms with E-state index in [0.29, 0.717) is 30.2 Å². The average Bonchev–Trinajstić information content (AvgIpc) is 2.99. The van der Waals surface area contributed by atoms with E-state index in [1.54, 1.807) is 12.1 Å². The molecule has 0 aromatic heterocycles. The minimum Gasteiger partial charge on any atom is -0.393 e. The Balaban J connectivity index is 1.83. The van der Waals surface area contributed by atoms with Gasteiger partial charge in [0.15, 0.2) is 0 Å². The zero-order chi connectivity index (χ0) is 15.7. The van der Waals surface area contributed by atoms with E-state index in [4.69, 9.17) is 16.3 Å². The van der Waals surface area contributed by atoms with Crippen LogP contribution in [0.5, 0.6) is 0 Å². The highest BCUT2D eigenvalue weighted by Gasteiger charge is 2.40. The Morgan fingerprint density at radius 2 is 2.23 bits per heavy atom. The topological polar surface area (TPSA) is 49.8 Å². The van der Waals surface area contributed by atoms with Crippen LogP contribution in [0.4, 0.5) is 0 Å². The number of aliphatic hydroxyl groups excluding tert-OH is 1. The van der Waals surface area contributed by atoms with Crippen LogP contribution in [0.2, 0.25) is 5.02 Å². The molecule has 0 radical (unpaired) electrons. The Bertz CT molecular complexity index is 563. The second-order valence-corrected chi connectivity index (χ2v) is 6.70. The molecule has 2 aliphatic heterocycles. The van der Waals surface area contributed by atoms with Gasteiger partial charge in [0.2, 0.25) is 0 Å². The first-order valence-corrected chi connectivity index (χ1v) is 8.28. The van der Waals surface area contributed by atoms with E-state index >= 15 is 0 Å². The van der Waals surface area contributed by atoms with Crippen molar-refractivity contribution in [2.45, 2.75) is 38.3 Å². The SMILES string of the molecule is Cc1ccc(Cl)cc1C(=O)N1CCC[C@@H]1[C@@H]1COCC[C@@H]1O. The number of aliphatic hydroxyl groups is 1. The molecule has 2 aliphatic rings. The number of amides is 1. The van der Waals surface area contributed by atoms with Crippen LogP contribution in [-0.4, -0.2) is 47.8 Å². The second-order valence-electron chi connectivity index (χ2n) is 6.26. The molecule has 2 saturated heterocycles. The minimum atomic E-state index is -0.382. The molecule has 1 aromatic carbocycles. The summed E-state index contributed by atoms with van der Waals surface area (Å²) in [5.74, 6) is 0.0277. The number of halogens is 1. The monoisotopic (exact) mass is 323 g/mol. The molecule has 0 spiro atoms. The van der Waals surface area contributed by atoms with Gasteiger partial charge in [0.25, 0.3) is 5.91 Å². The second kappa shape index (κ2) is 6.57. The van der Waals surface area contributed by atoms with E-state index in [1.807, 2.05) is 17.9 Å². The van der Waals surface area contributed by atoms with Crippen molar-refractivity contribution in [3.63, 3.8) is 0 Å². The minimum absolute atomic E-state index is 0.0136. The standard InChI is InChI=1S/C17H22ClNO3/c1-11-4-5-12(18)9-13(11)17(21)19-7-2-3-15(19)14-10-22-8-6-16(14)20/h4-5,9,14-16,20H,2-3,6-8,10H2,1H3/t14-,15+,16-/m0/s1. The van der Waals surface area contributed by atoms with Crippen molar-refractivity contribution in [3.05, 3.63) is 34.3 Å². The summed E-state index contributed by atoms with van der Waals surface area (Å²) in [5, 5.41) is 10.8. The van der Waals surface area contributed by atoms with Crippen molar-refractivity contribution in [3.8, 4) is 0 Å². The van der Waals surface area contributed by atoms with E-state index in [-0.39, 0.29) is 24.0 Å². The Kier molecular flexibility index (Phi) is 4.71. The van der Waals surface area contributed by atoms with Crippen molar-refractivity contribution in [1.29, 1.82) is 0 Å². The number of ether oxygens (including phenoxy) is 1. The fourth-order valence-corrected chi connectivity index (χ4v) is 3.76. The van der Waals surface area contributed by atoms with Gasteiger partial charge in [0.1, 0.15) is 0 Å². The summed E-state index contributed by atoms with van der Waals surface area (Å²) in [4.78, 5) is 14.8. The number of rotatable bonds is 2. The number of likely N-dealkylation sites (tertiary alicyclic amines) is 1. The van der Waals surface area contributed by atoms with Crippen molar-refractivity contribution in [2.75, 3.05) is 19.8 Å². The Hall–Kier alpha value is -1.10. The molecule has 0 saturated carbocycles. The van der Waals surface area contributed by atoms with Gasteiger partial charge in [-0.15, -0.1) is 0 Å². The highest BCUT2D eigenvalue weighted by atomic mass is 35.5. The third kappa shape index (κ3) is 3.00. The van der Waals surface area contributed by atoms with Gasteiger partial charge in [0.05, 0.1) is 12.7 Å². The molecule has 5 heteroatoms. The van der Waals surface area contributed by atoms with E-state index in [9.17, 15) is 9.90 Å². The zero-order valence-electron chi connectivity index (χ0n) is 12.8. The molecular formula is C17H22ClNO3. The van der Waals surface area contributed by atoms with Gasteiger partial charge in [-0.1, -0.05) is 17.7 Å². The molecule has 0 aliphatic carbocycles. The molecule has 4 nitrogen and oxygen atoms in total. The molecule has 2 heterocycles. The Labute approximate surface area is 136 Å². The maximum atomic E-state index is 12.9. The van der Waals surface area contributed by atoms with Crippen molar-refractivity contribution in [1.82, 2.24) is 4.90 Å². The third-order valence-corrected chi connectivity index (χ3v) is 5.08. The van der Waals surface area contributed by atoms with Gasteiger partial charge in [-0.2, -0.15) is 0 Å². The molecule has 3 atom stereocenters. The summed E-state index contributed by atoms with van der Waals surface area (Å²) < 4.78 is 5.52.